The molecule has 1 fully saturated rings. The standard InChI is InChI=1S/C9H7BrClN3O2/c10-6-3-12-14-4-5(7(11)13-8(6)14)9-15-1-2-16-9/h3-4,9H,1-2H2. The van der Waals surface area contributed by atoms with Gasteiger partial charge in [-0.2, -0.15) is 5.10 Å². The van der Waals surface area contributed by atoms with Gasteiger partial charge in [0.05, 0.1) is 29.4 Å². The molecule has 0 atom stereocenters. The lowest BCUT2D eigenvalue weighted by molar-refractivity contribution is -0.0445. The molecule has 0 unspecified atom stereocenters. The lowest BCUT2D eigenvalue weighted by Gasteiger charge is -2.10. The highest BCUT2D eigenvalue weighted by atomic mass is 79.9. The maximum atomic E-state index is 6.08. The minimum Gasteiger partial charge on any atom is -0.346 e. The Morgan fingerprint density at radius 3 is 2.94 bits per heavy atom. The van der Waals surface area contributed by atoms with E-state index < -0.39 is 6.29 Å². The number of hydrogen-bond donors (Lipinski definition) is 0. The average molecular weight is 305 g/mol. The molecule has 2 aromatic rings. The summed E-state index contributed by atoms with van der Waals surface area (Å²) in [7, 11) is 0. The zero-order valence-electron chi connectivity index (χ0n) is 8.06. The van der Waals surface area contributed by atoms with Crippen molar-refractivity contribution >= 4 is 33.2 Å². The summed E-state index contributed by atoms with van der Waals surface area (Å²) in [5.74, 6) is 0. The van der Waals surface area contributed by atoms with E-state index in [9.17, 15) is 0 Å². The Morgan fingerprint density at radius 2 is 2.19 bits per heavy atom. The first-order valence-corrected chi connectivity index (χ1v) is 5.85. The zero-order chi connectivity index (χ0) is 11.1. The molecule has 0 amide bonds. The predicted octanol–water partition coefficient (Wildman–Crippen LogP) is 2.19. The Labute approximate surface area is 104 Å². The van der Waals surface area contributed by atoms with E-state index in [4.69, 9.17) is 21.1 Å². The van der Waals surface area contributed by atoms with Crippen molar-refractivity contribution in [3.8, 4) is 0 Å². The molecular weight excluding hydrogens is 297 g/mol. The number of nitrogens with zero attached hydrogens (tertiary/aromatic N) is 3. The second-order valence-corrected chi connectivity index (χ2v) is 4.53. The number of aromatic nitrogens is 3. The van der Waals surface area contributed by atoms with Crippen LogP contribution >= 0.6 is 27.5 Å². The van der Waals surface area contributed by atoms with E-state index in [1.807, 2.05) is 0 Å². The minimum absolute atomic E-state index is 0.376. The average Bonchev–Trinajstić information content (AvgIpc) is 2.89. The van der Waals surface area contributed by atoms with Crippen molar-refractivity contribution in [2.24, 2.45) is 0 Å². The number of ether oxygens (including phenoxy) is 2. The third kappa shape index (κ3) is 1.62. The largest absolute Gasteiger partial charge is 0.346 e. The van der Waals surface area contributed by atoms with Crippen molar-refractivity contribution in [3.63, 3.8) is 0 Å². The van der Waals surface area contributed by atoms with Crippen LogP contribution in [0.3, 0.4) is 0 Å². The van der Waals surface area contributed by atoms with Crippen LogP contribution in [0, 0.1) is 0 Å². The quantitative estimate of drug-likeness (QED) is 0.758. The van der Waals surface area contributed by atoms with Crippen molar-refractivity contribution in [1.29, 1.82) is 0 Å². The van der Waals surface area contributed by atoms with Crippen molar-refractivity contribution in [1.82, 2.24) is 14.6 Å². The molecule has 0 saturated carbocycles. The third-order valence-corrected chi connectivity index (χ3v) is 3.17. The van der Waals surface area contributed by atoms with Gasteiger partial charge in [0.1, 0.15) is 5.15 Å². The Balaban J connectivity index is 2.14. The van der Waals surface area contributed by atoms with Gasteiger partial charge in [0.15, 0.2) is 11.9 Å². The summed E-state index contributed by atoms with van der Waals surface area (Å²) in [6, 6.07) is 0. The van der Waals surface area contributed by atoms with Gasteiger partial charge >= 0.3 is 0 Å². The number of fused-ring (bicyclic) bond motifs is 1. The van der Waals surface area contributed by atoms with E-state index in [1.54, 1.807) is 16.9 Å². The monoisotopic (exact) mass is 303 g/mol. The lowest BCUT2D eigenvalue weighted by atomic mass is 10.3. The van der Waals surface area contributed by atoms with Gasteiger partial charge in [0.25, 0.3) is 0 Å². The fourth-order valence-corrected chi connectivity index (χ4v) is 2.15. The molecule has 84 valence electrons. The molecule has 1 aliphatic heterocycles. The van der Waals surface area contributed by atoms with Crippen LogP contribution in [0.25, 0.3) is 5.65 Å². The van der Waals surface area contributed by atoms with Gasteiger partial charge < -0.3 is 9.47 Å². The molecule has 0 aromatic carbocycles. The maximum Gasteiger partial charge on any atom is 0.188 e. The van der Waals surface area contributed by atoms with Crippen LogP contribution in [0.2, 0.25) is 5.15 Å². The molecule has 0 N–H and O–H groups in total. The molecule has 3 rings (SSSR count). The Morgan fingerprint density at radius 1 is 1.44 bits per heavy atom. The second kappa shape index (κ2) is 3.96. The van der Waals surface area contributed by atoms with Gasteiger partial charge in [-0.1, -0.05) is 11.6 Å². The SMILES string of the molecule is Clc1nc2c(Br)cnn2cc1C1OCCO1. The van der Waals surface area contributed by atoms with Crippen molar-refractivity contribution in [3.05, 3.63) is 27.6 Å². The highest BCUT2D eigenvalue weighted by Gasteiger charge is 2.23. The maximum absolute atomic E-state index is 6.08. The Kier molecular flexibility index (Phi) is 2.59. The minimum atomic E-state index is -0.438. The van der Waals surface area contributed by atoms with E-state index >= 15 is 0 Å². The van der Waals surface area contributed by atoms with Crippen LogP contribution in [0.5, 0.6) is 0 Å². The normalized spacial score (nSPS) is 17.4. The molecule has 2 aromatic heterocycles. The first-order valence-electron chi connectivity index (χ1n) is 4.68. The van der Waals surface area contributed by atoms with Gasteiger partial charge in [0, 0.05) is 6.20 Å². The van der Waals surface area contributed by atoms with E-state index in [-0.39, 0.29) is 0 Å². The summed E-state index contributed by atoms with van der Waals surface area (Å²) in [6.45, 7) is 1.14. The fraction of sp³-hybridized carbons (Fsp3) is 0.333. The van der Waals surface area contributed by atoms with Gasteiger partial charge in [-0.05, 0) is 15.9 Å². The molecule has 0 spiro atoms. The summed E-state index contributed by atoms with van der Waals surface area (Å²) >= 11 is 9.42. The molecule has 0 radical (unpaired) electrons. The van der Waals surface area contributed by atoms with Crippen molar-refractivity contribution < 1.29 is 9.47 Å². The van der Waals surface area contributed by atoms with Crippen molar-refractivity contribution in [2.75, 3.05) is 13.2 Å². The second-order valence-electron chi connectivity index (χ2n) is 3.32. The van der Waals surface area contributed by atoms with Crippen LogP contribution in [-0.2, 0) is 9.47 Å². The Hall–Kier alpha value is -0.690. The fourth-order valence-electron chi connectivity index (χ4n) is 1.57. The molecule has 16 heavy (non-hydrogen) atoms. The first-order chi connectivity index (χ1) is 7.75. The van der Waals surface area contributed by atoms with Crippen molar-refractivity contribution in [2.45, 2.75) is 6.29 Å². The summed E-state index contributed by atoms with van der Waals surface area (Å²) in [4.78, 5) is 4.24. The van der Waals surface area contributed by atoms with E-state index in [0.717, 1.165) is 4.47 Å². The Bertz CT molecular complexity index is 539. The topological polar surface area (TPSA) is 48.7 Å². The molecule has 7 heteroatoms. The molecule has 5 nitrogen and oxygen atoms in total. The smallest absolute Gasteiger partial charge is 0.188 e. The van der Waals surface area contributed by atoms with Gasteiger partial charge in [0.2, 0.25) is 0 Å². The molecule has 3 heterocycles. The number of rotatable bonds is 1. The van der Waals surface area contributed by atoms with Crippen LogP contribution in [0.15, 0.2) is 16.9 Å². The molecule has 1 saturated heterocycles. The van der Waals surface area contributed by atoms with Crippen LogP contribution in [-0.4, -0.2) is 27.8 Å². The van der Waals surface area contributed by atoms with Crippen LogP contribution in [0.4, 0.5) is 0 Å². The summed E-state index contributed by atoms with van der Waals surface area (Å²) in [5, 5.41) is 4.50. The van der Waals surface area contributed by atoms with Gasteiger partial charge in [-0.15, -0.1) is 0 Å². The lowest BCUT2D eigenvalue weighted by Crippen LogP contribution is -2.04. The van der Waals surface area contributed by atoms with Crippen LogP contribution in [0.1, 0.15) is 11.9 Å². The summed E-state index contributed by atoms with van der Waals surface area (Å²) in [5.41, 5.74) is 1.37. The first kappa shape index (κ1) is 10.5. The molecule has 1 aliphatic rings. The van der Waals surface area contributed by atoms with E-state index in [2.05, 4.69) is 26.0 Å². The van der Waals surface area contributed by atoms with E-state index in [0.29, 0.717) is 29.6 Å². The van der Waals surface area contributed by atoms with Gasteiger partial charge in [-0.25, -0.2) is 9.50 Å². The van der Waals surface area contributed by atoms with E-state index in [1.165, 1.54) is 0 Å². The number of hydrogen-bond acceptors (Lipinski definition) is 4. The molecule has 0 aliphatic carbocycles. The molecule has 0 bridgehead atoms. The highest BCUT2D eigenvalue weighted by molar-refractivity contribution is 9.10. The summed E-state index contributed by atoms with van der Waals surface area (Å²) in [6.07, 6.45) is 3.00. The third-order valence-electron chi connectivity index (χ3n) is 2.31. The summed E-state index contributed by atoms with van der Waals surface area (Å²) < 4.78 is 13.2. The predicted molar refractivity (Wildman–Crippen MR) is 60.3 cm³/mol. The number of halogens is 2. The zero-order valence-corrected chi connectivity index (χ0v) is 10.4. The molecular formula is C9H7BrClN3O2. The van der Waals surface area contributed by atoms with Crippen LogP contribution < -0.4 is 0 Å². The van der Waals surface area contributed by atoms with Gasteiger partial charge in [-0.3, -0.25) is 0 Å². The highest BCUT2D eigenvalue weighted by Crippen LogP contribution is 2.29.